The maximum Gasteiger partial charge on any atom is 0.224 e. The zero-order valence-electron chi connectivity index (χ0n) is 11.4. The van der Waals surface area contributed by atoms with Gasteiger partial charge in [-0.05, 0) is 38.4 Å². The average Bonchev–Trinajstić information content (AvgIpc) is 2.40. The largest absolute Gasteiger partial charge is 0.353 e. The van der Waals surface area contributed by atoms with Crippen LogP contribution in [0.2, 0.25) is 0 Å². The van der Waals surface area contributed by atoms with Gasteiger partial charge in [0.2, 0.25) is 5.91 Å². The number of piperidine rings is 1. The molecule has 1 heterocycles. The lowest BCUT2D eigenvalue weighted by molar-refractivity contribution is -0.121. The van der Waals surface area contributed by atoms with Crippen molar-refractivity contribution in [2.75, 3.05) is 13.1 Å². The third kappa shape index (κ3) is 6.58. The van der Waals surface area contributed by atoms with Gasteiger partial charge in [0, 0.05) is 12.1 Å². The molecule has 0 atom stereocenters. The molecule has 1 aliphatic heterocycles. The van der Waals surface area contributed by atoms with Crippen LogP contribution < -0.4 is 10.6 Å². The van der Waals surface area contributed by atoms with Crippen LogP contribution in [0.5, 0.6) is 0 Å². The second-order valence-electron chi connectivity index (χ2n) is 4.50. The molecule has 19 heavy (non-hydrogen) atoms. The highest BCUT2D eigenvalue weighted by Gasteiger charge is 2.15. The molecule has 2 N–H and O–H groups in total. The minimum Gasteiger partial charge on any atom is -0.353 e. The van der Waals surface area contributed by atoms with Crippen LogP contribution in [0.4, 0.5) is 0 Å². The predicted molar refractivity (Wildman–Crippen MR) is 76.3 cm³/mol. The number of carbonyl (C=O) groups excluding carboxylic acids is 1. The molecule has 1 saturated heterocycles. The summed E-state index contributed by atoms with van der Waals surface area (Å²) in [5.41, 5.74) is 0.903. The smallest absolute Gasteiger partial charge is 0.224 e. The van der Waals surface area contributed by atoms with Crippen LogP contribution in [0.3, 0.4) is 0 Å². The first-order valence-electron chi connectivity index (χ1n) is 6.64. The second-order valence-corrected chi connectivity index (χ2v) is 4.50. The van der Waals surface area contributed by atoms with Crippen LogP contribution in [0, 0.1) is 11.3 Å². The van der Waals surface area contributed by atoms with E-state index in [4.69, 9.17) is 5.26 Å². The predicted octanol–water partition coefficient (Wildman–Crippen LogP) is 1.83. The van der Waals surface area contributed by atoms with Crippen molar-refractivity contribution in [3.05, 3.63) is 36.0 Å². The zero-order valence-corrected chi connectivity index (χ0v) is 11.4. The van der Waals surface area contributed by atoms with Crippen LogP contribution in [0.15, 0.2) is 36.0 Å². The van der Waals surface area contributed by atoms with Crippen molar-refractivity contribution in [2.24, 2.45) is 0 Å². The summed E-state index contributed by atoms with van der Waals surface area (Å²) in [5, 5.41) is 14.8. The Morgan fingerprint density at radius 1 is 1.47 bits per heavy atom. The van der Waals surface area contributed by atoms with Crippen molar-refractivity contribution in [2.45, 2.75) is 32.2 Å². The van der Waals surface area contributed by atoms with Gasteiger partial charge in [0.25, 0.3) is 0 Å². The summed E-state index contributed by atoms with van der Waals surface area (Å²) in [6.45, 7) is 3.84. The van der Waals surface area contributed by atoms with E-state index in [0.29, 0.717) is 6.42 Å². The lowest BCUT2D eigenvalue weighted by Gasteiger charge is -2.23. The molecule has 0 unspecified atom stereocenters. The zero-order chi connectivity index (χ0) is 13.9. The highest BCUT2D eigenvalue weighted by molar-refractivity contribution is 5.79. The third-order valence-electron chi connectivity index (χ3n) is 2.93. The summed E-state index contributed by atoms with van der Waals surface area (Å²) in [7, 11) is 0. The third-order valence-corrected chi connectivity index (χ3v) is 2.93. The van der Waals surface area contributed by atoms with E-state index in [1.54, 1.807) is 12.2 Å². The van der Waals surface area contributed by atoms with Gasteiger partial charge in [0.05, 0.1) is 12.5 Å². The van der Waals surface area contributed by atoms with Crippen LogP contribution in [-0.2, 0) is 4.79 Å². The molecule has 0 bridgehead atoms. The van der Waals surface area contributed by atoms with Crippen molar-refractivity contribution in [3.8, 4) is 6.07 Å². The Bertz CT molecular complexity index is 410. The number of amides is 1. The minimum absolute atomic E-state index is 0.0432. The molecule has 4 nitrogen and oxygen atoms in total. The molecule has 0 aromatic carbocycles. The first-order chi connectivity index (χ1) is 9.26. The molecule has 1 aliphatic rings. The van der Waals surface area contributed by atoms with Crippen molar-refractivity contribution in [1.82, 2.24) is 10.6 Å². The van der Waals surface area contributed by atoms with Gasteiger partial charge in [-0.1, -0.05) is 24.3 Å². The highest BCUT2D eigenvalue weighted by atomic mass is 16.1. The number of hydrogen-bond acceptors (Lipinski definition) is 3. The standard InChI is InChI=1S/C15H21N3O/c1-2-5-13(6-3-4-9-16)12-15(19)18-14-7-10-17-11-8-14/h2-6,14,17H,7-8,10-12H2,1H3,(H,18,19)/b4-3+,5-2-,13-6+. The molecular weight excluding hydrogens is 238 g/mol. The summed E-state index contributed by atoms with van der Waals surface area (Å²) in [4.78, 5) is 11.9. The topological polar surface area (TPSA) is 64.9 Å². The number of carbonyl (C=O) groups is 1. The van der Waals surface area contributed by atoms with Gasteiger partial charge in [0.15, 0.2) is 0 Å². The number of rotatable bonds is 5. The fraction of sp³-hybridized carbons (Fsp3) is 0.467. The number of nitriles is 1. The molecule has 0 radical (unpaired) electrons. The number of allylic oxidation sites excluding steroid dienone is 5. The summed E-state index contributed by atoms with van der Waals surface area (Å²) < 4.78 is 0. The van der Waals surface area contributed by atoms with Gasteiger partial charge in [-0.15, -0.1) is 0 Å². The molecule has 0 spiro atoms. The summed E-state index contributed by atoms with van der Waals surface area (Å²) >= 11 is 0. The molecule has 0 aromatic rings. The summed E-state index contributed by atoms with van der Waals surface area (Å²) in [6.07, 6.45) is 11.0. The van der Waals surface area contributed by atoms with Crippen molar-refractivity contribution in [3.63, 3.8) is 0 Å². The van der Waals surface area contributed by atoms with Crippen molar-refractivity contribution >= 4 is 5.91 Å². The quantitative estimate of drug-likeness (QED) is 0.585. The fourth-order valence-corrected chi connectivity index (χ4v) is 2.03. The van der Waals surface area contributed by atoms with E-state index in [0.717, 1.165) is 31.5 Å². The Balaban J connectivity index is 2.49. The first kappa shape index (κ1) is 15.2. The number of nitrogens with zero attached hydrogens (tertiary/aromatic N) is 1. The van der Waals surface area contributed by atoms with E-state index in [9.17, 15) is 4.79 Å². The number of nitrogens with one attached hydrogen (secondary N) is 2. The summed E-state index contributed by atoms with van der Waals surface area (Å²) in [5.74, 6) is 0.0432. The molecule has 1 rings (SSSR count). The maximum absolute atomic E-state index is 11.9. The fourth-order valence-electron chi connectivity index (χ4n) is 2.03. The molecule has 0 aromatic heterocycles. The van der Waals surface area contributed by atoms with E-state index in [2.05, 4.69) is 10.6 Å². The average molecular weight is 259 g/mol. The molecule has 1 fully saturated rings. The van der Waals surface area contributed by atoms with Crippen LogP contribution in [0.25, 0.3) is 0 Å². The van der Waals surface area contributed by atoms with E-state index < -0.39 is 0 Å². The summed E-state index contributed by atoms with van der Waals surface area (Å²) in [6, 6.07) is 2.21. The normalized spacial score (nSPS) is 17.8. The van der Waals surface area contributed by atoms with Gasteiger partial charge >= 0.3 is 0 Å². The SMILES string of the molecule is C\C=C/C(=C\C=C\C#N)CC(=O)NC1CCNCC1. The Morgan fingerprint density at radius 2 is 2.21 bits per heavy atom. The number of hydrogen-bond donors (Lipinski definition) is 2. The molecule has 4 heteroatoms. The molecular formula is C15H21N3O. The van der Waals surface area contributed by atoms with Crippen LogP contribution in [-0.4, -0.2) is 25.0 Å². The second kappa shape index (κ2) is 9.12. The molecule has 0 saturated carbocycles. The van der Waals surface area contributed by atoms with E-state index in [1.165, 1.54) is 6.08 Å². The van der Waals surface area contributed by atoms with Crippen LogP contribution >= 0.6 is 0 Å². The molecule has 0 aliphatic carbocycles. The van der Waals surface area contributed by atoms with Gasteiger partial charge < -0.3 is 10.6 Å². The Labute approximate surface area is 114 Å². The van der Waals surface area contributed by atoms with Gasteiger partial charge in [0.1, 0.15) is 0 Å². The monoisotopic (exact) mass is 259 g/mol. The van der Waals surface area contributed by atoms with E-state index in [-0.39, 0.29) is 11.9 Å². The van der Waals surface area contributed by atoms with Crippen molar-refractivity contribution in [1.29, 1.82) is 5.26 Å². The molecule has 1 amide bonds. The Kier molecular flexibility index (Phi) is 7.30. The van der Waals surface area contributed by atoms with Crippen LogP contribution in [0.1, 0.15) is 26.2 Å². The maximum atomic E-state index is 11.9. The Morgan fingerprint density at radius 3 is 2.84 bits per heavy atom. The van der Waals surface area contributed by atoms with E-state index >= 15 is 0 Å². The minimum atomic E-state index is 0.0432. The Hall–Kier alpha value is -1.86. The molecule has 102 valence electrons. The van der Waals surface area contributed by atoms with Gasteiger partial charge in [-0.3, -0.25) is 4.79 Å². The lowest BCUT2D eigenvalue weighted by atomic mass is 10.1. The van der Waals surface area contributed by atoms with Gasteiger partial charge in [-0.25, -0.2) is 0 Å². The highest BCUT2D eigenvalue weighted by Crippen LogP contribution is 2.07. The van der Waals surface area contributed by atoms with E-state index in [1.807, 2.05) is 25.1 Å². The first-order valence-corrected chi connectivity index (χ1v) is 6.64. The van der Waals surface area contributed by atoms with Crippen molar-refractivity contribution < 1.29 is 4.79 Å². The lowest BCUT2D eigenvalue weighted by Crippen LogP contribution is -2.42. The van der Waals surface area contributed by atoms with Gasteiger partial charge in [-0.2, -0.15) is 5.26 Å².